The van der Waals surface area contributed by atoms with Gasteiger partial charge in [-0.25, -0.2) is 0 Å². The SMILES string of the molecule is CCc1nc([C@H]2CCCN2C(=O)Cc2c(C)[nH]c3ccccc23)no1. The van der Waals surface area contributed by atoms with Crippen molar-refractivity contribution in [3.63, 3.8) is 0 Å². The summed E-state index contributed by atoms with van der Waals surface area (Å²) in [6.07, 6.45) is 2.97. The monoisotopic (exact) mass is 338 g/mol. The summed E-state index contributed by atoms with van der Waals surface area (Å²) in [5.74, 6) is 1.39. The standard InChI is InChI=1S/C19H22N4O2/c1-3-17-21-19(22-25-17)16-9-6-10-23(16)18(24)11-14-12(2)20-15-8-5-4-7-13(14)15/h4-5,7-8,16,20H,3,6,9-11H2,1-2H3/t16-/m1/s1. The van der Waals surface area contributed by atoms with Crippen LogP contribution < -0.4 is 0 Å². The molecule has 1 aromatic carbocycles. The van der Waals surface area contributed by atoms with Crippen molar-refractivity contribution < 1.29 is 9.32 Å². The molecule has 0 aliphatic carbocycles. The topological polar surface area (TPSA) is 75.0 Å². The first-order valence-corrected chi connectivity index (χ1v) is 8.85. The molecule has 1 N–H and O–H groups in total. The molecule has 1 fully saturated rings. The normalized spacial score (nSPS) is 17.5. The minimum Gasteiger partial charge on any atom is -0.358 e. The lowest BCUT2D eigenvalue weighted by Crippen LogP contribution is -2.32. The van der Waals surface area contributed by atoms with Crippen LogP contribution in [0.4, 0.5) is 0 Å². The lowest BCUT2D eigenvalue weighted by molar-refractivity contribution is -0.131. The van der Waals surface area contributed by atoms with Crippen LogP contribution >= 0.6 is 0 Å². The zero-order valence-corrected chi connectivity index (χ0v) is 14.6. The zero-order chi connectivity index (χ0) is 17.4. The Morgan fingerprint density at radius 3 is 3.04 bits per heavy atom. The average Bonchev–Trinajstić information content (AvgIpc) is 3.33. The van der Waals surface area contributed by atoms with Crippen LogP contribution in [0.2, 0.25) is 0 Å². The van der Waals surface area contributed by atoms with Crippen LogP contribution in [0.1, 0.15) is 48.8 Å². The Morgan fingerprint density at radius 2 is 2.24 bits per heavy atom. The fraction of sp³-hybridized carbons (Fsp3) is 0.421. The molecule has 1 aliphatic heterocycles. The van der Waals surface area contributed by atoms with Gasteiger partial charge in [-0.15, -0.1) is 0 Å². The summed E-state index contributed by atoms with van der Waals surface area (Å²) in [6.45, 7) is 4.76. The first-order chi connectivity index (χ1) is 12.2. The molecule has 0 spiro atoms. The quantitative estimate of drug-likeness (QED) is 0.792. The van der Waals surface area contributed by atoms with E-state index in [-0.39, 0.29) is 11.9 Å². The van der Waals surface area contributed by atoms with E-state index in [9.17, 15) is 4.79 Å². The van der Waals surface area contributed by atoms with Crippen molar-refractivity contribution >= 4 is 16.8 Å². The van der Waals surface area contributed by atoms with Gasteiger partial charge >= 0.3 is 0 Å². The van der Waals surface area contributed by atoms with Gasteiger partial charge in [0.1, 0.15) is 0 Å². The number of nitrogens with one attached hydrogen (secondary N) is 1. The van der Waals surface area contributed by atoms with Gasteiger partial charge < -0.3 is 14.4 Å². The Hall–Kier alpha value is -2.63. The smallest absolute Gasteiger partial charge is 0.227 e. The molecular formula is C19H22N4O2. The molecule has 0 saturated carbocycles. The van der Waals surface area contributed by atoms with Gasteiger partial charge in [0.2, 0.25) is 11.8 Å². The van der Waals surface area contributed by atoms with Crippen molar-refractivity contribution in [2.45, 2.75) is 45.6 Å². The molecular weight excluding hydrogens is 316 g/mol. The summed E-state index contributed by atoms with van der Waals surface area (Å²) in [4.78, 5) is 22.7. The van der Waals surface area contributed by atoms with E-state index in [1.165, 1.54) is 0 Å². The van der Waals surface area contributed by atoms with Gasteiger partial charge in [-0.2, -0.15) is 4.98 Å². The van der Waals surface area contributed by atoms with Crippen LogP contribution in [0.25, 0.3) is 10.9 Å². The van der Waals surface area contributed by atoms with Crippen molar-refractivity contribution in [1.29, 1.82) is 0 Å². The molecule has 0 radical (unpaired) electrons. The number of rotatable bonds is 4. The summed E-state index contributed by atoms with van der Waals surface area (Å²) in [6, 6.07) is 8.05. The van der Waals surface area contributed by atoms with E-state index in [2.05, 4.69) is 21.2 Å². The van der Waals surface area contributed by atoms with Gasteiger partial charge in [0, 0.05) is 29.6 Å². The third-order valence-electron chi connectivity index (χ3n) is 5.01. The predicted molar refractivity (Wildman–Crippen MR) is 94.1 cm³/mol. The van der Waals surface area contributed by atoms with Crippen LogP contribution in [0, 0.1) is 6.92 Å². The first kappa shape index (κ1) is 15.9. The lowest BCUT2D eigenvalue weighted by Gasteiger charge is -2.22. The highest BCUT2D eigenvalue weighted by Crippen LogP contribution is 2.32. The molecule has 130 valence electrons. The maximum atomic E-state index is 13.0. The van der Waals surface area contributed by atoms with E-state index in [1.54, 1.807) is 0 Å². The number of H-pyrrole nitrogens is 1. The molecule has 1 amide bonds. The first-order valence-electron chi connectivity index (χ1n) is 8.85. The predicted octanol–water partition coefficient (Wildman–Crippen LogP) is 3.33. The Balaban J connectivity index is 1.58. The molecule has 4 rings (SSSR count). The van der Waals surface area contributed by atoms with Crippen molar-refractivity contribution in [1.82, 2.24) is 20.0 Å². The number of amides is 1. The van der Waals surface area contributed by atoms with E-state index in [4.69, 9.17) is 4.52 Å². The molecule has 2 aromatic heterocycles. The maximum Gasteiger partial charge on any atom is 0.227 e. The number of aromatic amines is 1. The number of nitrogens with zero attached hydrogens (tertiary/aromatic N) is 3. The minimum absolute atomic E-state index is 0.0675. The largest absolute Gasteiger partial charge is 0.358 e. The molecule has 6 heteroatoms. The number of aryl methyl sites for hydroxylation is 2. The number of hydrogen-bond donors (Lipinski definition) is 1. The fourth-order valence-corrected chi connectivity index (χ4v) is 3.70. The number of fused-ring (bicyclic) bond motifs is 1. The van der Waals surface area contributed by atoms with E-state index in [0.717, 1.165) is 41.5 Å². The number of carbonyl (C=O) groups excluding carboxylic acids is 1. The summed E-state index contributed by atoms with van der Waals surface area (Å²) in [5, 5.41) is 5.20. The molecule has 0 unspecified atom stereocenters. The molecule has 1 atom stereocenters. The number of carbonyl (C=O) groups is 1. The van der Waals surface area contributed by atoms with E-state index in [0.29, 0.717) is 24.6 Å². The Morgan fingerprint density at radius 1 is 1.40 bits per heavy atom. The fourth-order valence-electron chi connectivity index (χ4n) is 3.70. The number of hydrogen-bond acceptors (Lipinski definition) is 4. The summed E-state index contributed by atoms with van der Waals surface area (Å²) < 4.78 is 5.23. The van der Waals surface area contributed by atoms with E-state index >= 15 is 0 Å². The van der Waals surface area contributed by atoms with Crippen LogP contribution in [-0.4, -0.2) is 32.5 Å². The highest BCUT2D eigenvalue weighted by Gasteiger charge is 2.33. The Bertz CT molecular complexity index is 911. The molecule has 1 aliphatic rings. The average molecular weight is 338 g/mol. The van der Waals surface area contributed by atoms with Crippen molar-refractivity contribution in [3.8, 4) is 0 Å². The lowest BCUT2D eigenvalue weighted by atomic mass is 10.1. The number of benzene rings is 1. The molecule has 3 aromatic rings. The van der Waals surface area contributed by atoms with Gasteiger partial charge in [0.05, 0.1) is 12.5 Å². The minimum atomic E-state index is -0.0675. The van der Waals surface area contributed by atoms with Crippen molar-refractivity contribution in [2.75, 3.05) is 6.54 Å². The van der Waals surface area contributed by atoms with Crippen molar-refractivity contribution in [2.24, 2.45) is 0 Å². The third-order valence-corrected chi connectivity index (χ3v) is 5.01. The summed E-state index contributed by atoms with van der Waals surface area (Å²) >= 11 is 0. The number of aromatic nitrogens is 3. The summed E-state index contributed by atoms with van der Waals surface area (Å²) in [7, 11) is 0. The van der Waals surface area contributed by atoms with Crippen LogP contribution in [0.5, 0.6) is 0 Å². The Labute approximate surface area is 146 Å². The van der Waals surface area contributed by atoms with Crippen LogP contribution in [0.3, 0.4) is 0 Å². The van der Waals surface area contributed by atoms with E-state index < -0.39 is 0 Å². The molecule has 3 heterocycles. The van der Waals surface area contributed by atoms with E-state index in [1.807, 2.05) is 36.9 Å². The van der Waals surface area contributed by atoms with Crippen molar-refractivity contribution in [3.05, 3.63) is 47.2 Å². The zero-order valence-electron chi connectivity index (χ0n) is 14.6. The second kappa shape index (κ2) is 6.35. The number of likely N-dealkylation sites (tertiary alicyclic amines) is 1. The highest BCUT2D eigenvalue weighted by atomic mass is 16.5. The second-order valence-corrected chi connectivity index (χ2v) is 6.60. The molecule has 25 heavy (non-hydrogen) atoms. The van der Waals surface area contributed by atoms with Gasteiger partial charge in [-0.1, -0.05) is 30.3 Å². The van der Waals surface area contributed by atoms with Gasteiger partial charge in [-0.3, -0.25) is 4.79 Å². The second-order valence-electron chi connectivity index (χ2n) is 6.60. The molecule has 6 nitrogen and oxygen atoms in total. The van der Waals surface area contributed by atoms with Crippen LogP contribution in [0.15, 0.2) is 28.8 Å². The van der Waals surface area contributed by atoms with Gasteiger partial charge in [0.15, 0.2) is 5.82 Å². The molecule has 1 saturated heterocycles. The Kier molecular flexibility index (Phi) is 4.03. The molecule has 0 bridgehead atoms. The van der Waals surface area contributed by atoms with Gasteiger partial charge in [0.25, 0.3) is 0 Å². The number of para-hydroxylation sites is 1. The van der Waals surface area contributed by atoms with Gasteiger partial charge in [-0.05, 0) is 31.4 Å². The summed E-state index contributed by atoms with van der Waals surface area (Å²) in [5.41, 5.74) is 3.21. The van der Waals surface area contributed by atoms with Crippen LogP contribution in [-0.2, 0) is 17.6 Å². The maximum absolute atomic E-state index is 13.0. The third kappa shape index (κ3) is 2.81. The highest BCUT2D eigenvalue weighted by molar-refractivity contribution is 5.90.